The highest BCUT2D eigenvalue weighted by atomic mass is 35.5. The molecule has 1 aromatic rings. The molecule has 0 unspecified atom stereocenters. The molecule has 0 bridgehead atoms. The first-order valence-electron chi connectivity index (χ1n) is 4.56. The third-order valence-electron chi connectivity index (χ3n) is 1.81. The summed E-state index contributed by atoms with van der Waals surface area (Å²) in [6.45, 7) is 1.28. The number of halogens is 1. The Morgan fingerprint density at radius 3 is 2.81 bits per heavy atom. The second-order valence-electron chi connectivity index (χ2n) is 3.35. The first-order valence-corrected chi connectivity index (χ1v) is 4.93. The smallest absolute Gasteiger partial charge is 0.348 e. The first kappa shape index (κ1) is 12.6. The van der Waals surface area contributed by atoms with Crippen LogP contribution in [0.4, 0.5) is 11.5 Å². The SMILES string of the molecule is CN(C)CCNc1ncnc(Cl)c1[N+](=O)[O-]. The zero-order chi connectivity index (χ0) is 12.1. The Balaban J connectivity index is 2.79. The Labute approximate surface area is 97.6 Å². The van der Waals surface area contributed by atoms with E-state index >= 15 is 0 Å². The van der Waals surface area contributed by atoms with Gasteiger partial charge in [0.2, 0.25) is 11.0 Å². The quantitative estimate of drug-likeness (QED) is 0.474. The average Bonchev–Trinajstić information content (AvgIpc) is 2.16. The Bertz CT molecular complexity index is 385. The molecule has 16 heavy (non-hydrogen) atoms. The third-order valence-corrected chi connectivity index (χ3v) is 2.09. The minimum atomic E-state index is -0.597. The summed E-state index contributed by atoms with van der Waals surface area (Å²) in [4.78, 5) is 19.4. The predicted octanol–water partition coefficient (Wildman–Crippen LogP) is 1.01. The van der Waals surface area contributed by atoms with Gasteiger partial charge in [0.25, 0.3) is 0 Å². The van der Waals surface area contributed by atoms with E-state index in [4.69, 9.17) is 11.6 Å². The van der Waals surface area contributed by atoms with E-state index < -0.39 is 4.92 Å². The fourth-order valence-corrected chi connectivity index (χ4v) is 1.25. The van der Waals surface area contributed by atoms with Crippen LogP contribution in [-0.2, 0) is 0 Å². The molecular formula is C8H12ClN5O2. The van der Waals surface area contributed by atoms with Crippen LogP contribution in [0.15, 0.2) is 6.33 Å². The highest BCUT2D eigenvalue weighted by Gasteiger charge is 2.20. The fraction of sp³-hybridized carbons (Fsp3) is 0.500. The fourth-order valence-electron chi connectivity index (χ4n) is 1.05. The summed E-state index contributed by atoms with van der Waals surface area (Å²) in [5, 5.41) is 13.4. The minimum absolute atomic E-state index is 0.145. The van der Waals surface area contributed by atoms with Gasteiger partial charge in [-0.3, -0.25) is 10.1 Å². The summed E-state index contributed by atoms with van der Waals surface area (Å²) in [5.74, 6) is 0.145. The molecule has 0 aliphatic carbocycles. The van der Waals surface area contributed by atoms with Gasteiger partial charge in [-0.25, -0.2) is 9.97 Å². The molecule has 0 saturated carbocycles. The molecule has 0 atom stereocenters. The summed E-state index contributed by atoms with van der Waals surface area (Å²) >= 11 is 5.62. The van der Waals surface area contributed by atoms with Gasteiger partial charge >= 0.3 is 5.69 Å². The second-order valence-corrected chi connectivity index (χ2v) is 3.71. The van der Waals surface area contributed by atoms with Crippen LogP contribution in [-0.4, -0.2) is 47.0 Å². The zero-order valence-electron chi connectivity index (χ0n) is 8.97. The molecular weight excluding hydrogens is 234 g/mol. The predicted molar refractivity (Wildman–Crippen MR) is 60.7 cm³/mol. The summed E-state index contributed by atoms with van der Waals surface area (Å²) < 4.78 is 0. The molecule has 0 fully saturated rings. The van der Waals surface area contributed by atoms with Gasteiger partial charge in [-0.1, -0.05) is 11.6 Å². The average molecular weight is 246 g/mol. The Kier molecular flexibility index (Phi) is 4.39. The second kappa shape index (κ2) is 5.57. The van der Waals surface area contributed by atoms with Gasteiger partial charge < -0.3 is 10.2 Å². The van der Waals surface area contributed by atoms with Crippen molar-refractivity contribution in [2.75, 3.05) is 32.5 Å². The number of anilines is 1. The minimum Gasteiger partial charge on any atom is -0.363 e. The van der Waals surface area contributed by atoms with Crippen molar-refractivity contribution in [3.05, 3.63) is 21.6 Å². The van der Waals surface area contributed by atoms with Gasteiger partial charge in [-0.15, -0.1) is 0 Å². The maximum absolute atomic E-state index is 10.7. The maximum atomic E-state index is 10.7. The molecule has 7 nitrogen and oxygen atoms in total. The lowest BCUT2D eigenvalue weighted by Gasteiger charge is -2.10. The monoisotopic (exact) mass is 245 g/mol. The van der Waals surface area contributed by atoms with E-state index in [1.165, 1.54) is 6.33 Å². The number of hydrogen-bond donors (Lipinski definition) is 1. The Hall–Kier alpha value is -1.47. The summed E-state index contributed by atoms with van der Waals surface area (Å²) in [7, 11) is 3.81. The highest BCUT2D eigenvalue weighted by molar-refractivity contribution is 6.31. The lowest BCUT2D eigenvalue weighted by Crippen LogP contribution is -2.21. The van der Waals surface area contributed by atoms with Crippen LogP contribution >= 0.6 is 11.6 Å². The molecule has 1 N–H and O–H groups in total. The van der Waals surface area contributed by atoms with Gasteiger partial charge in [-0.05, 0) is 14.1 Å². The molecule has 8 heteroatoms. The van der Waals surface area contributed by atoms with Crippen molar-refractivity contribution in [2.45, 2.75) is 0 Å². The number of nitrogens with one attached hydrogen (secondary N) is 1. The van der Waals surface area contributed by atoms with Gasteiger partial charge in [0.05, 0.1) is 4.92 Å². The van der Waals surface area contributed by atoms with Crippen LogP contribution in [0.5, 0.6) is 0 Å². The highest BCUT2D eigenvalue weighted by Crippen LogP contribution is 2.27. The normalized spacial score (nSPS) is 10.5. The molecule has 0 aliphatic heterocycles. The van der Waals surface area contributed by atoms with Crippen molar-refractivity contribution in [2.24, 2.45) is 0 Å². The topological polar surface area (TPSA) is 84.2 Å². The van der Waals surface area contributed by atoms with E-state index in [-0.39, 0.29) is 16.7 Å². The van der Waals surface area contributed by atoms with Crippen LogP contribution in [0.1, 0.15) is 0 Å². The molecule has 1 aromatic heterocycles. The van der Waals surface area contributed by atoms with E-state index in [1.54, 1.807) is 0 Å². The van der Waals surface area contributed by atoms with Crippen LogP contribution in [0.2, 0.25) is 5.15 Å². The van der Waals surface area contributed by atoms with Gasteiger partial charge in [0.15, 0.2) is 0 Å². The number of hydrogen-bond acceptors (Lipinski definition) is 6. The molecule has 88 valence electrons. The largest absolute Gasteiger partial charge is 0.363 e. The molecule has 1 heterocycles. The first-order chi connectivity index (χ1) is 7.52. The Morgan fingerprint density at radius 1 is 1.56 bits per heavy atom. The molecule has 0 aliphatic rings. The van der Waals surface area contributed by atoms with E-state index in [9.17, 15) is 10.1 Å². The number of nitro groups is 1. The summed E-state index contributed by atoms with van der Waals surface area (Å²) in [6.07, 6.45) is 1.19. The van der Waals surface area contributed by atoms with E-state index in [0.717, 1.165) is 6.54 Å². The molecule has 0 spiro atoms. The van der Waals surface area contributed by atoms with Crippen molar-refractivity contribution >= 4 is 23.1 Å². The molecule has 0 radical (unpaired) electrons. The number of likely N-dealkylation sites (N-methyl/N-ethyl adjacent to an activating group) is 1. The van der Waals surface area contributed by atoms with Crippen molar-refractivity contribution < 1.29 is 4.92 Å². The van der Waals surface area contributed by atoms with Crippen LogP contribution in [0, 0.1) is 10.1 Å². The number of rotatable bonds is 5. The van der Waals surface area contributed by atoms with Crippen molar-refractivity contribution in [1.82, 2.24) is 14.9 Å². The van der Waals surface area contributed by atoms with Crippen molar-refractivity contribution in [1.29, 1.82) is 0 Å². The number of aromatic nitrogens is 2. The van der Waals surface area contributed by atoms with Gasteiger partial charge in [-0.2, -0.15) is 0 Å². The summed E-state index contributed by atoms with van der Waals surface area (Å²) in [5.41, 5.74) is -0.289. The van der Waals surface area contributed by atoms with Crippen LogP contribution in [0.3, 0.4) is 0 Å². The van der Waals surface area contributed by atoms with Gasteiger partial charge in [0, 0.05) is 13.1 Å². The van der Waals surface area contributed by atoms with E-state index in [2.05, 4.69) is 15.3 Å². The zero-order valence-corrected chi connectivity index (χ0v) is 9.73. The van der Waals surface area contributed by atoms with Crippen LogP contribution < -0.4 is 5.32 Å². The lowest BCUT2D eigenvalue weighted by molar-refractivity contribution is -0.384. The maximum Gasteiger partial charge on any atom is 0.348 e. The Morgan fingerprint density at radius 2 is 2.25 bits per heavy atom. The van der Waals surface area contributed by atoms with Crippen LogP contribution in [0.25, 0.3) is 0 Å². The summed E-state index contributed by atoms with van der Waals surface area (Å²) in [6, 6.07) is 0. The van der Waals surface area contributed by atoms with E-state index in [1.807, 2.05) is 19.0 Å². The van der Waals surface area contributed by atoms with E-state index in [0.29, 0.717) is 6.54 Å². The van der Waals surface area contributed by atoms with Crippen molar-refractivity contribution in [3.8, 4) is 0 Å². The lowest BCUT2D eigenvalue weighted by atomic mass is 10.4. The van der Waals surface area contributed by atoms with Gasteiger partial charge in [0.1, 0.15) is 6.33 Å². The number of nitrogens with zero attached hydrogens (tertiary/aromatic N) is 4. The molecule has 0 saturated heterocycles. The molecule has 0 aromatic carbocycles. The standard InChI is InChI=1S/C8H12ClN5O2/c1-13(2)4-3-10-8-6(14(15)16)7(9)11-5-12-8/h5H,3-4H2,1-2H3,(H,10,11,12). The third kappa shape index (κ3) is 3.28. The van der Waals surface area contributed by atoms with Crippen molar-refractivity contribution in [3.63, 3.8) is 0 Å². The molecule has 1 rings (SSSR count). The molecule has 0 amide bonds.